The molecular formula is C19H25N3O4S. The molecule has 0 radical (unpaired) electrons. The fourth-order valence-electron chi connectivity index (χ4n) is 3.28. The van der Waals surface area contributed by atoms with Crippen LogP contribution in [-0.4, -0.2) is 49.9 Å². The Hall–Kier alpha value is -2.16. The Morgan fingerprint density at radius 3 is 2.41 bits per heavy atom. The minimum Gasteiger partial charge on any atom is -0.379 e. The molecule has 1 aliphatic heterocycles. The second-order valence-electron chi connectivity index (χ2n) is 6.60. The van der Waals surface area contributed by atoms with Gasteiger partial charge in [0.2, 0.25) is 10.0 Å². The number of aromatic nitrogens is 1. The summed E-state index contributed by atoms with van der Waals surface area (Å²) >= 11 is 0. The van der Waals surface area contributed by atoms with Crippen LogP contribution < -0.4 is 5.32 Å². The largest absolute Gasteiger partial charge is 0.379 e. The maximum atomic E-state index is 13.0. The van der Waals surface area contributed by atoms with Crippen LogP contribution >= 0.6 is 0 Å². The van der Waals surface area contributed by atoms with Crippen molar-refractivity contribution in [3.05, 3.63) is 46.8 Å². The zero-order valence-corrected chi connectivity index (χ0v) is 16.6. The molecule has 2 heterocycles. The minimum absolute atomic E-state index is 0.177. The van der Waals surface area contributed by atoms with Crippen LogP contribution in [0.4, 0.5) is 5.69 Å². The van der Waals surface area contributed by atoms with E-state index in [1.807, 2.05) is 24.3 Å². The summed E-state index contributed by atoms with van der Waals surface area (Å²) in [6, 6.07) is 7.59. The molecule has 1 saturated heterocycles. The predicted molar refractivity (Wildman–Crippen MR) is 104 cm³/mol. The molecule has 1 aromatic carbocycles. The van der Waals surface area contributed by atoms with Gasteiger partial charge >= 0.3 is 0 Å². The smallest absolute Gasteiger partial charge is 0.272 e. The number of hydrogen-bond donors (Lipinski definition) is 2. The predicted octanol–water partition coefficient (Wildman–Crippen LogP) is 2.47. The number of rotatable bonds is 5. The zero-order chi connectivity index (χ0) is 19.6. The number of nitrogens with zero attached hydrogens (tertiary/aromatic N) is 1. The number of benzene rings is 1. The van der Waals surface area contributed by atoms with Crippen molar-refractivity contribution in [3.63, 3.8) is 0 Å². The summed E-state index contributed by atoms with van der Waals surface area (Å²) in [5, 5.41) is 2.82. The van der Waals surface area contributed by atoms with Crippen molar-refractivity contribution in [2.24, 2.45) is 0 Å². The highest BCUT2D eigenvalue weighted by Crippen LogP contribution is 2.27. The first-order valence-corrected chi connectivity index (χ1v) is 10.5. The molecule has 0 aliphatic carbocycles. The van der Waals surface area contributed by atoms with Crippen LogP contribution in [0.1, 0.15) is 34.2 Å². The Labute approximate surface area is 159 Å². The Kier molecular flexibility index (Phi) is 5.69. The SMILES string of the molecule is CCc1ccc(NC(=O)c2[nH]c(C)c(S(=O)(=O)N3CCOCC3)c2C)cc1. The van der Waals surface area contributed by atoms with Crippen LogP contribution in [-0.2, 0) is 21.2 Å². The molecule has 2 N–H and O–H groups in total. The molecule has 1 amide bonds. The number of nitrogens with one attached hydrogen (secondary N) is 2. The summed E-state index contributed by atoms with van der Waals surface area (Å²) in [5.41, 5.74) is 3.01. The van der Waals surface area contributed by atoms with E-state index in [0.29, 0.717) is 43.2 Å². The molecule has 7 nitrogen and oxygen atoms in total. The fourth-order valence-corrected chi connectivity index (χ4v) is 5.10. The van der Waals surface area contributed by atoms with Gasteiger partial charge in [0.25, 0.3) is 5.91 Å². The van der Waals surface area contributed by atoms with Gasteiger partial charge in [-0.3, -0.25) is 4.79 Å². The zero-order valence-electron chi connectivity index (χ0n) is 15.8. The molecule has 0 atom stereocenters. The average Bonchev–Trinajstić information content (AvgIpc) is 2.98. The van der Waals surface area contributed by atoms with E-state index in [1.165, 1.54) is 9.87 Å². The van der Waals surface area contributed by atoms with Gasteiger partial charge in [-0.2, -0.15) is 4.31 Å². The molecule has 0 unspecified atom stereocenters. The molecule has 146 valence electrons. The number of carbonyl (C=O) groups excluding carboxylic acids is 1. The van der Waals surface area contributed by atoms with E-state index in [-0.39, 0.29) is 16.5 Å². The molecule has 2 aromatic rings. The molecular weight excluding hydrogens is 366 g/mol. The van der Waals surface area contributed by atoms with Gasteiger partial charge < -0.3 is 15.0 Å². The summed E-state index contributed by atoms with van der Waals surface area (Å²) in [6.07, 6.45) is 0.923. The maximum Gasteiger partial charge on any atom is 0.272 e. The number of aryl methyl sites for hydroxylation is 2. The second kappa shape index (κ2) is 7.84. The number of aromatic amines is 1. The van der Waals surface area contributed by atoms with Crippen molar-refractivity contribution >= 4 is 21.6 Å². The second-order valence-corrected chi connectivity index (χ2v) is 8.47. The van der Waals surface area contributed by atoms with Gasteiger partial charge in [-0.1, -0.05) is 19.1 Å². The van der Waals surface area contributed by atoms with E-state index in [1.54, 1.807) is 13.8 Å². The third kappa shape index (κ3) is 3.92. The number of ether oxygens (including phenoxy) is 1. The van der Waals surface area contributed by atoms with E-state index in [0.717, 1.165) is 6.42 Å². The molecule has 1 fully saturated rings. The van der Waals surface area contributed by atoms with Crippen molar-refractivity contribution < 1.29 is 17.9 Å². The Bertz CT molecular complexity index is 927. The lowest BCUT2D eigenvalue weighted by Gasteiger charge is -2.26. The van der Waals surface area contributed by atoms with Crippen molar-refractivity contribution in [1.82, 2.24) is 9.29 Å². The number of anilines is 1. The fraction of sp³-hybridized carbons (Fsp3) is 0.421. The van der Waals surface area contributed by atoms with E-state index in [4.69, 9.17) is 4.74 Å². The standard InChI is InChI=1S/C19H25N3O4S/c1-4-15-5-7-16(8-6-15)21-19(23)17-13(2)18(14(3)20-17)27(24,25)22-9-11-26-12-10-22/h5-8,20H,4,9-12H2,1-3H3,(H,21,23). The van der Waals surface area contributed by atoms with Crippen LogP contribution in [0.3, 0.4) is 0 Å². The van der Waals surface area contributed by atoms with Crippen LogP contribution in [0.5, 0.6) is 0 Å². The quantitative estimate of drug-likeness (QED) is 0.819. The van der Waals surface area contributed by atoms with Gasteiger partial charge in [0.05, 0.1) is 13.2 Å². The first-order valence-electron chi connectivity index (χ1n) is 9.02. The number of sulfonamides is 1. The van der Waals surface area contributed by atoms with Gasteiger partial charge in [-0.15, -0.1) is 0 Å². The number of morpholine rings is 1. The van der Waals surface area contributed by atoms with E-state index < -0.39 is 10.0 Å². The first kappa shape index (κ1) is 19.6. The number of carbonyl (C=O) groups is 1. The third-order valence-corrected chi connectivity index (χ3v) is 6.96. The van der Waals surface area contributed by atoms with Gasteiger partial charge in [0.15, 0.2) is 0 Å². The highest BCUT2D eigenvalue weighted by atomic mass is 32.2. The normalized spacial score (nSPS) is 15.7. The lowest BCUT2D eigenvalue weighted by Crippen LogP contribution is -2.40. The van der Waals surface area contributed by atoms with Gasteiger partial charge in [-0.25, -0.2) is 8.42 Å². The van der Waals surface area contributed by atoms with Gasteiger partial charge in [0, 0.05) is 24.5 Å². The van der Waals surface area contributed by atoms with Crippen LogP contribution in [0.2, 0.25) is 0 Å². The number of hydrogen-bond acceptors (Lipinski definition) is 4. The number of amides is 1. The lowest BCUT2D eigenvalue weighted by molar-refractivity contribution is 0.0730. The van der Waals surface area contributed by atoms with Crippen LogP contribution in [0, 0.1) is 13.8 Å². The Morgan fingerprint density at radius 1 is 1.19 bits per heavy atom. The van der Waals surface area contributed by atoms with Crippen molar-refractivity contribution in [3.8, 4) is 0 Å². The summed E-state index contributed by atoms with van der Waals surface area (Å²) in [4.78, 5) is 15.8. The third-order valence-electron chi connectivity index (χ3n) is 4.78. The average molecular weight is 391 g/mol. The monoisotopic (exact) mass is 391 g/mol. The summed E-state index contributed by atoms with van der Waals surface area (Å²) in [7, 11) is -3.68. The van der Waals surface area contributed by atoms with Gasteiger partial charge in [-0.05, 0) is 43.5 Å². The number of H-pyrrole nitrogens is 1. The molecule has 1 aromatic heterocycles. The van der Waals surface area contributed by atoms with E-state index in [9.17, 15) is 13.2 Å². The van der Waals surface area contributed by atoms with Crippen LogP contribution in [0.25, 0.3) is 0 Å². The molecule has 0 saturated carbocycles. The van der Waals surface area contributed by atoms with Crippen LogP contribution in [0.15, 0.2) is 29.2 Å². The molecule has 1 aliphatic rings. The Balaban J connectivity index is 1.87. The van der Waals surface area contributed by atoms with E-state index in [2.05, 4.69) is 17.2 Å². The molecule has 3 rings (SSSR count). The minimum atomic E-state index is -3.68. The van der Waals surface area contributed by atoms with Crippen molar-refractivity contribution in [1.29, 1.82) is 0 Å². The van der Waals surface area contributed by atoms with E-state index >= 15 is 0 Å². The summed E-state index contributed by atoms with van der Waals surface area (Å²) < 4.78 is 32.7. The maximum absolute atomic E-state index is 13.0. The highest BCUT2D eigenvalue weighted by Gasteiger charge is 2.32. The summed E-state index contributed by atoms with van der Waals surface area (Å²) in [6.45, 7) is 6.79. The molecule has 0 spiro atoms. The molecule has 0 bridgehead atoms. The molecule has 27 heavy (non-hydrogen) atoms. The summed E-state index contributed by atoms with van der Waals surface area (Å²) in [5.74, 6) is -0.358. The lowest BCUT2D eigenvalue weighted by atomic mass is 10.1. The molecule has 8 heteroatoms. The van der Waals surface area contributed by atoms with Gasteiger partial charge in [0.1, 0.15) is 10.6 Å². The van der Waals surface area contributed by atoms with Crippen molar-refractivity contribution in [2.45, 2.75) is 32.1 Å². The highest BCUT2D eigenvalue weighted by molar-refractivity contribution is 7.89. The Morgan fingerprint density at radius 2 is 1.81 bits per heavy atom. The first-order chi connectivity index (χ1) is 12.8. The topological polar surface area (TPSA) is 91.5 Å². The van der Waals surface area contributed by atoms with Crippen molar-refractivity contribution in [2.75, 3.05) is 31.6 Å².